The van der Waals surface area contributed by atoms with Gasteiger partial charge in [0.05, 0.1) is 5.69 Å². The molecule has 4 rings (SSSR count). The van der Waals surface area contributed by atoms with Crippen molar-refractivity contribution >= 4 is 45.9 Å². The second kappa shape index (κ2) is 8.72. The average molecular weight is 469 g/mol. The second-order valence-corrected chi connectivity index (χ2v) is 9.15. The van der Waals surface area contributed by atoms with E-state index in [4.69, 9.17) is 11.6 Å². The highest BCUT2D eigenvalue weighted by atomic mass is 35.5. The molecule has 2 N–H and O–H groups in total. The van der Waals surface area contributed by atoms with Crippen molar-refractivity contribution in [2.75, 3.05) is 11.9 Å². The summed E-state index contributed by atoms with van der Waals surface area (Å²) in [5, 5.41) is 6.48. The van der Waals surface area contributed by atoms with E-state index in [9.17, 15) is 14.4 Å². The first-order chi connectivity index (χ1) is 15.3. The van der Waals surface area contributed by atoms with Crippen LogP contribution in [0.1, 0.15) is 28.6 Å². The van der Waals surface area contributed by atoms with Crippen molar-refractivity contribution in [3.8, 4) is 0 Å². The number of nitrogens with one attached hydrogen (secondary N) is 2. The minimum Gasteiger partial charge on any atom is -0.319 e. The smallest absolute Gasteiger partial charge is 0.319 e. The first-order valence-corrected chi connectivity index (χ1v) is 11.2. The van der Waals surface area contributed by atoms with Gasteiger partial charge in [-0.25, -0.2) is 9.78 Å². The van der Waals surface area contributed by atoms with Crippen LogP contribution in [-0.4, -0.2) is 34.3 Å². The molecular weight excluding hydrogens is 448 g/mol. The molecule has 1 unspecified atom stereocenters. The number of nitrogens with zero attached hydrogens (tertiary/aromatic N) is 2. The van der Waals surface area contributed by atoms with Gasteiger partial charge in [0.1, 0.15) is 12.1 Å². The maximum atomic E-state index is 13.0. The predicted molar refractivity (Wildman–Crippen MR) is 124 cm³/mol. The minimum atomic E-state index is -1.21. The molecule has 7 nitrogen and oxygen atoms in total. The number of imide groups is 1. The fraction of sp³-hybridized carbons (Fsp3) is 0.217. The zero-order valence-corrected chi connectivity index (χ0v) is 19.1. The molecule has 9 heteroatoms. The molecule has 1 atom stereocenters. The third-order valence-corrected chi connectivity index (χ3v) is 6.82. The van der Waals surface area contributed by atoms with E-state index < -0.39 is 29.9 Å². The summed E-state index contributed by atoms with van der Waals surface area (Å²) >= 11 is 7.59. The van der Waals surface area contributed by atoms with Gasteiger partial charge in [-0.1, -0.05) is 60.1 Å². The molecule has 32 heavy (non-hydrogen) atoms. The lowest BCUT2D eigenvalue weighted by molar-refractivity contribution is -0.133. The lowest BCUT2D eigenvalue weighted by Gasteiger charge is -2.21. The highest BCUT2D eigenvalue weighted by Crippen LogP contribution is 2.30. The molecule has 164 valence electrons. The number of aromatic nitrogens is 1. The molecule has 3 aromatic rings. The summed E-state index contributed by atoms with van der Waals surface area (Å²) in [6.07, 6.45) is 0.599. The molecule has 1 aliphatic rings. The number of hydrogen-bond donors (Lipinski definition) is 2. The highest BCUT2D eigenvalue weighted by molar-refractivity contribution is 7.15. The van der Waals surface area contributed by atoms with Crippen molar-refractivity contribution in [1.82, 2.24) is 15.2 Å². The van der Waals surface area contributed by atoms with Crippen molar-refractivity contribution in [1.29, 1.82) is 0 Å². The van der Waals surface area contributed by atoms with E-state index in [1.54, 1.807) is 31.2 Å². The third kappa shape index (κ3) is 4.24. The van der Waals surface area contributed by atoms with E-state index in [0.717, 1.165) is 21.0 Å². The first-order valence-electron chi connectivity index (χ1n) is 9.97. The van der Waals surface area contributed by atoms with Gasteiger partial charge in [0.2, 0.25) is 5.91 Å². The Hall–Kier alpha value is -3.23. The zero-order chi connectivity index (χ0) is 22.9. The lowest BCUT2D eigenvalue weighted by atomic mass is 9.92. The van der Waals surface area contributed by atoms with Crippen LogP contribution in [0.5, 0.6) is 0 Å². The van der Waals surface area contributed by atoms with Crippen molar-refractivity contribution in [3.05, 3.63) is 81.3 Å². The predicted octanol–water partition coefficient (Wildman–Crippen LogP) is 4.10. The molecule has 2 aromatic carbocycles. The number of carbonyl (C=O) groups is 3. The van der Waals surface area contributed by atoms with E-state index in [1.807, 2.05) is 37.3 Å². The van der Waals surface area contributed by atoms with Crippen LogP contribution in [0.4, 0.5) is 9.93 Å². The molecule has 2 heterocycles. The fourth-order valence-electron chi connectivity index (χ4n) is 3.57. The van der Waals surface area contributed by atoms with Gasteiger partial charge in [-0.15, -0.1) is 11.3 Å². The molecular formula is C23H21ClN4O3S. The summed E-state index contributed by atoms with van der Waals surface area (Å²) in [5.74, 6) is -0.970. The highest BCUT2D eigenvalue weighted by Gasteiger charge is 2.49. The van der Waals surface area contributed by atoms with Crippen molar-refractivity contribution in [2.45, 2.75) is 25.8 Å². The largest absolute Gasteiger partial charge is 0.325 e. The number of amides is 4. The van der Waals surface area contributed by atoms with Crippen molar-refractivity contribution in [2.24, 2.45) is 0 Å². The molecule has 1 saturated heterocycles. The maximum Gasteiger partial charge on any atom is 0.325 e. The Labute approximate surface area is 194 Å². The van der Waals surface area contributed by atoms with Gasteiger partial charge < -0.3 is 10.6 Å². The summed E-state index contributed by atoms with van der Waals surface area (Å²) in [6.45, 7) is 3.10. The molecule has 1 aromatic heterocycles. The topological polar surface area (TPSA) is 91.4 Å². The second-order valence-electron chi connectivity index (χ2n) is 7.66. The standard InChI is InChI=1S/C23H21ClN4O3S/c1-14-18(12-15-8-6-7-11-17(15)24)32-21(25-14)26-19(29)13-28-20(30)23(2,27-22(28)31)16-9-4-3-5-10-16/h3-11H,12-13H2,1-2H3,(H,27,31)(H,25,26,29). The van der Waals surface area contributed by atoms with Gasteiger partial charge >= 0.3 is 6.03 Å². The summed E-state index contributed by atoms with van der Waals surface area (Å²) in [6, 6.07) is 15.9. The Morgan fingerprint density at radius 1 is 1.16 bits per heavy atom. The Balaban J connectivity index is 1.44. The molecule has 1 fully saturated rings. The van der Waals surface area contributed by atoms with Crippen LogP contribution in [-0.2, 0) is 21.5 Å². The molecule has 0 aliphatic carbocycles. The normalized spacial score (nSPS) is 18.0. The molecule has 0 radical (unpaired) electrons. The van der Waals surface area contributed by atoms with E-state index in [-0.39, 0.29) is 0 Å². The molecule has 0 bridgehead atoms. The number of hydrogen-bond acceptors (Lipinski definition) is 5. The number of anilines is 1. The summed E-state index contributed by atoms with van der Waals surface area (Å²) < 4.78 is 0. The zero-order valence-electron chi connectivity index (χ0n) is 17.5. The van der Waals surface area contributed by atoms with E-state index in [1.165, 1.54) is 11.3 Å². The van der Waals surface area contributed by atoms with Gasteiger partial charge in [-0.3, -0.25) is 14.5 Å². The van der Waals surface area contributed by atoms with E-state index in [0.29, 0.717) is 22.1 Å². The Bertz CT molecular complexity index is 1200. The van der Waals surface area contributed by atoms with Crippen LogP contribution < -0.4 is 10.6 Å². The number of thiazole rings is 1. The molecule has 1 aliphatic heterocycles. The van der Waals surface area contributed by atoms with Crippen LogP contribution in [0.3, 0.4) is 0 Å². The summed E-state index contributed by atoms with van der Waals surface area (Å²) in [4.78, 5) is 44.3. The molecule has 0 spiro atoms. The number of benzene rings is 2. The SMILES string of the molecule is Cc1nc(NC(=O)CN2C(=O)NC(C)(c3ccccc3)C2=O)sc1Cc1ccccc1Cl. The molecule has 4 amide bonds. The quantitative estimate of drug-likeness (QED) is 0.533. The number of aryl methyl sites for hydroxylation is 1. The monoisotopic (exact) mass is 468 g/mol. The van der Waals surface area contributed by atoms with Crippen LogP contribution in [0, 0.1) is 6.92 Å². The lowest BCUT2D eigenvalue weighted by Crippen LogP contribution is -2.42. The van der Waals surface area contributed by atoms with Crippen LogP contribution in [0.2, 0.25) is 5.02 Å². The van der Waals surface area contributed by atoms with Gasteiger partial charge in [-0.2, -0.15) is 0 Å². The van der Waals surface area contributed by atoms with Gasteiger partial charge in [-0.05, 0) is 31.0 Å². The average Bonchev–Trinajstić information content (AvgIpc) is 3.21. The third-order valence-electron chi connectivity index (χ3n) is 5.38. The van der Waals surface area contributed by atoms with Crippen molar-refractivity contribution in [3.63, 3.8) is 0 Å². The van der Waals surface area contributed by atoms with Gasteiger partial charge in [0, 0.05) is 16.3 Å². The maximum absolute atomic E-state index is 13.0. The van der Waals surface area contributed by atoms with Crippen LogP contribution in [0.15, 0.2) is 54.6 Å². The van der Waals surface area contributed by atoms with Gasteiger partial charge in [0.15, 0.2) is 5.13 Å². The number of rotatable bonds is 6. The number of urea groups is 1. The Morgan fingerprint density at radius 3 is 2.56 bits per heavy atom. The first kappa shape index (κ1) is 22.0. The number of carbonyl (C=O) groups excluding carboxylic acids is 3. The summed E-state index contributed by atoms with van der Waals surface area (Å²) in [5.41, 5.74) is 1.20. The fourth-order valence-corrected chi connectivity index (χ4v) is 4.77. The number of halogens is 1. The minimum absolute atomic E-state index is 0.397. The van der Waals surface area contributed by atoms with Crippen molar-refractivity contribution < 1.29 is 14.4 Å². The Morgan fingerprint density at radius 2 is 1.84 bits per heavy atom. The van der Waals surface area contributed by atoms with E-state index in [2.05, 4.69) is 15.6 Å². The van der Waals surface area contributed by atoms with E-state index >= 15 is 0 Å². The van der Waals surface area contributed by atoms with Crippen LogP contribution in [0.25, 0.3) is 0 Å². The molecule has 0 saturated carbocycles. The Kier molecular flexibility index (Phi) is 5.99. The van der Waals surface area contributed by atoms with Crippen LogP contribution >= 0.6 is 22.9 Å². The summed E-state index contributed by atoms with van der Waals surface area (Å²) in [7, 11) is 0. The van der Waals surface area contributed by atoms with Gasteiger partial charge in [0.25, 0.3) is 5.91 Å².